The first kappa shape index (κ1) is 11.4. The molecule has 0 unspecified atom stereocenters. The summed E-state index contributed by atoms with van der Waals surface area (Å²) in [5.74, 6) is 0.956. The molecule has 1 aliphatic rings. The number of fused-ring (bicyclic) bond motifs is 1. The monoisotopic (exact) mass is 262 g/mol. The predicted octanol–water partition coefficient (Wildman–Crippen LogP) is 1.51. The minimum Gasteiger partial charge on any atom is -0.493 e. The Hall–Kier alpha value is -2.70. The SMILES string of the molecule is COc1cc(-c2ncc(C(=O)O)[nH]2)cc2c1OCO2. The third-order valence-corrected chi connectivity index (χ3v) is 2.74. The molecule has 0 saturated heterocycles. The van der Waals surface area contributed by atoms with E-state index in [0.717, 1.165) is 0 Å². The molecule has 2 N–H and O–H groups in total. The molecule has 7 heteroatoms. The van der Waals surface area contributed by atoms with Crippen LogP contribution in [-0.4, -0.2) is 34.9 Å². The highest BCUT2D eigenvalue weighted by Crippen LogP contribution is 2.43. The molecule has 1 aromatic heterocycles. The highest BCUT2D eigenvalue weighted by Gasteiger charge is 2.21. The molecule has 0 spiro atoms. The summed E-state index contributed by atoms with van der Waals surface area (Å²) in [6, 6.07) is 3.42. The maximum atomic E-state index is 10.8. The molecule has 3 rings (SSSR count). The van der Waals surface area contributed by atoms with Crippen molar-refractivity contribution in [2.75, 3.05) is 13.9 Å². The van der Waals surface area contributed by atoms with Gasteiger partial charge in [0.25, 0.3) is 0 Å². The number of carbonyl (C=O) groups is 1. The van der Waals surface area contributed by atoms with Crippen molar-refractivity contribution in [3.05, 3.63) is 24.0 Å². The summed E-state index contributed by atoms with van der Waals surface area (Å²) in [7, 11) is 1.52. The number of aromatic amines is 1. The fourth-order valence-corrected chi connectivity index (χ4v) is 1.84. The van der Waals surface area contributed by atoms with Crippen LogP contribution in [0, 0.1) is 0 Å². The number of aromatic nitrogens is 2. The van der Waals surface area contributed by atoms with Crippen LogP contribution in [0.1, 0.15) is 10.5 Å². The van der Waals surface area contributed by atoms with Crippen molar-refractivity contribution >= 4 is 5.97 Å². The van der Waals surface area contributed by atoms with Gasteiger partial charge in [0.1, 0.15) is 11.5 Å². The maximum Gasteiger partial charge on any atom is 0.353 e. The number of imidazole rings is 1. The number of carboxylic acid groups (broad SMARTS) is 1. The molecule has 0 amide bonds. The van der Waals surface area contributed by atoms with E-state index < -0.39 is 5.97 Å². The number of hydrogen-bond acceptors (Lipinski definition) is 5. The lowest BCUT2D eigenvalue weighted by molar-refractivity contribution is 0.0691. The largest absolute Gasteiger partial charge is 0.493 e. The van der Waals surface area contributed by atoms with Crippen molar-refractivity contribution in [2.45, 2.75) is 0 Å². The molecule has 2 aromatic rings. The van der Waals surface area contributed by atoms with E-state index in [0.29, 0.717) is 28.6 Å². The standard InChI is InChI=1S/C12H10N2O5/c1-17-8-2-6(3-9-10(8)19-5-18-9)11-13-4-7(14-11)12(15)16/h2-4H,5H2,1H3,(H,13,14)(H,15,16). The number of nitrogens with one attached hydrogen (secondary N) is 1. The zero-order valence-corrected chi connectivity index (χ0v) is 9.97. The molecule has 0 atom stereocenters. The number of rotatable bonds is 3. The first-order chi connectivity index (χ1) is 9.19. The number of ether oxygens (including phenoxy) is 3. The third-order valence-electron chi connectivity index (χ3n) is 2.74. The summed E-state index contributed by atoms with van der Waals surface area (Å²) in [6.45, 7) is 0.133. The number of hydrogen-bond donors (Lipinski definition) is 2. The molecule has 0 aliphatic carbocycles. The smallest absolute Gasteiger partial charge is 0.353 e. The second-order valence-electron chi connectivity index (χ2n) is 3.86. The van der Waals surface area contributed by atoms with Crippen molar-refractivity contribution in [2.24, 2.45) is 0 Å². The van der Waals surface area contributed by atoms with Gasteiger partial charge in [-0.05, 0) is 12.1 Å². The molecule has 1 aliphatic heterocycles. The number of H-pyrrole nitrogens is 1. The molecular weight excluding hydrogens is 252 g/mol. The topological polar surface area (TPSA) is 93.7 Å². The van der Waals surface area contributed by atoms with Gasteiger partial charge in [-0.2, -0.15) is 0 Å². The van der Waals surface area contributed by atoms with Gasteiger partial charge in [0, 0.05) is 5.56 Å². The molecular formula is C12H10N2O5. The van der Waals surface area contributed by atoms with Crippen molar-refractivity contribution < 1.29 is 24.1 Å². The lowest BCUT2D eigenvalue weighted by atomic mass is 10.1. The lowest BCUT2D eigenvalue weighted by Crippen LogP contribution is -1.95. The molecule has 0 radical (unpaired) electrons. The van der Waals surface area contributed by atoms with Crippen LogP contribution >= 0.6 is 0 Å². The average molecular weight is 262 g/mol. The van der Waals surface area contributed by atoms with E-state index >= 15 is 0 Å². The first-order valence-corrected chi connectivity index (χ1v) is 5.45. The zero-order valence-electron chi connectivity index (χ0n) is 9.97. The highest BCUT2D eigenvalue weighted by atomic mass is 16.7. The Bertz CT molecular complexity index is 650. The van der Waals surface area contributed by atoms with E-state index in [4.69, 9.17) is 19.3 Å². The quantitative estimate of drug-likeness (QED) is 0.870. The van der Waals surface area contributed by atoms with E-state index in [-0.39, 0.29) is 12.5 Å². The molecule has 0 saturated carbocycles. The van der Waals surface area contributed by atoms with Gasteiger partial charge in [-0.3, -0.25) is 0 Å². The number of benzene rings is 1. The molecule has 7 nitrogen and oxygen atoms in total. The number of aromatic carboxylic acids is 1. The summed E-state index contributed by atoms with van der Waals surface area (Å²) in [4.78, 5) is 17.5. The maximum absolute atomic E-state index is 10.8. The molecule has 98 valence electrons. The Morgan fingerprint density at radius 1 is 1.47 bits per heavy atom. The Balaban J connectivity index is 2.07. The Kier molecular flexibility index (Phi) is 2.52. The van der Waals surface area contributed by atoms with Gasteiger partial charge in [-0.25, -0.2) is 9.78 Å². The fraction of sp³-hybridized carbons (Fsp3) is 0.167. The van der Waals surface area contributed by atoms with E-state index in [2.05, 4.69) is 9.97 Å². The van der Waals surface area contributed by atoms with Crippen LogP contribution in [0.15, 0.2) is 18.3 Å². The van der Waals surface area contributed by atoms with Crippen molar-refractivity contribution in [1.29, 1.82) is 0 Å². The zero-order chi connectivity index (χ0) is 13.4. The van der Waals surface area contributed by atoms with Crippen molar-refractivity contribution in [1.82, 2.24) is 9.97 Å². The van der Waals surface area contributed by atoms with Crippen LogP contribution in [0.5, 0.6) is 17.2 Å². The van der Waals surface area contributed by atoms with Gasteiger partial charge in [-0.15, -0.1) is 0 Å². The Labute approximate surface area is 107 Å². The summed E-state index contributed by atoms with van der Waals surface area (Å²) in [5.41, 5.74) is 0.681. The molecule has 0 fully saturated rings. The second-order valence-corrected chi connectivity index (χ2v) is 3.86. The van der Waals surface area contributed by atoms with E-state index in [1.54, 1.807) is 12.1 Å². The van der Waals surface area contributed by atoms with Crippen LogP contribution in [0.25, 0.3) is 11.4 Å². The van der Waals surface area contributed by atoms with Crippen LogP contribution in [-0.2, 0) is 0 Å². The number of nitrogens with zero attached hydrogens (tertiary/aromatic N) is 1. The minimum absolute atomic E-state index is 0.0200. The van der Waals surface area contributed by atoms with E-state index in [1.807, 2.05) is 0 Å². The number of methoxy groups -OCH3 is 1. The van der Waals surface area contributed by atoms with Gasteiger partial charge in [0.2, 0.25) is 12.5 Å². The Morgan fingerprint density at radius 3 is 3.00 bits per heavy atom. The van der Waals surface area contributed by atoms with Crippen molar-refractivity contribution in [3.8, 4) is 28.6 Å². The minimum atomic E-state index is -1.06. The lowest BCUT2D eigenvalue weighted by Gasteiger charge is -2.06. The summed E-state index contributed by atoms with van der Waals surface area (Å²) >= 11 is 0. The summed E-state index contributed by atoms with van der Waals surface area (Å²) in [5, 5.41) is 8.86. The van der Waals surface area contributed by atoms with Gasteiger partial charge < -0.3 is 24.3 Å². The molecule has 19 heavy (non-hydrogen) atoms. The normalized spacial score (nSPS) is 12.5. The van der Waals surface area contributed by atoms with Gasteiger partial charge >= 0.3 is 5.97 Å². The van der Waals surface area contributed by atoms with Gasteiger partial charge in [0.15, 0.2) is 11.5 Å². The second kappa shape index (κ2) is 4.20. The number of carboxylic acids is 1. The highest BCUT2D eigenvalue weighted by molar-refractivity contribution is 5.86. The van der Waals surface area contributed by atoms with Gasteiger partial charge in [0.05, 0.1) is 13.3 Å². The van der Waals surface area contributed by atoms with Crippen LogP contribution in [0.3, 0.4) is 0 Å². The summed E-state index contributed by atoms with van der Waals surface area (Å²) < 4.78 is 15.8. The fourth-order valence-electron chi connectivity index (χ4n) is 1.84. The average Bonchev–Trinajstić information content (AvgIpc) is 3.05. The van der Waals surface area contributed by atoms with Gasteiger partial charge in [-0.1, -0.05) is 0 Å². The van der Waals surface area contributed by atoms with Crippen molar-refractivity contribution in [3.63, 3.8) is 0 Å². The molecule has 0 bridgehead atoms. The van der Waals surface area contributed by atoms with Crippen LogP contribution < -0.4 is 14.2 Å². The first-order valence-electron chi connectivity index (χ1n) is 5.45. The van der Waals surface area contributed by atoms with E-state index in [9.17, 15) is 4.79 Å². The van der Waals surface area contributed by atoms with Crippen LogP contribution in [0.4, 0.5) is 0 Å². The third kappa shape index (κ3) is 1.85. The summed E-state index contributed by atoms with van der Waals surface area (Å²) in [6.07, 6.45) is 1.26. The molecule has 1 aromatic carbocycles. The van der Waals surface area contributed by atoms with Crippen LogP contribution in [0.2, 0.25) is 0 Å². The predicted molar refractivity (Wildman–Crippen MR) is 63.7 cm³/mol. The molecule has 2 heterocycles. The van der Waals surface area contributed by atoms with E-state index in [1.165, 1.54) is 13.3 Å². The Morgan fingerprint density at radius 2 is 2.32 bits per heavy atom.